The van der Waals surface area contributed by atoms with E-state index in [4.69, 9.17) is 4.74 Å². The Bertz CT molecular complexity index is 1600. The Morgan fingerprint density at radius 1 is 1.20 bits per heavy atom. The number of methoxy groups -OCH3 is 1. The average Bonchev–Trinajstić information content (AvgIpc) is 3.60. The molecule has 13 heteroatoms. The van der Waals surface area contributed by atoms with E-state index >= 15 is 0 Å². The van der Waals surface area contributed by atoms with Crippen molar-refractivity contribution in [2.45, 2.75) is 49.7 Å². The number of fused-ring (bicyclic) bond motifs is 1. The molecule has 1 aliphatic carbocycles. The van der Waals surface area contributed by atoms with E-state index in [-0.39, 0.29) is 48.2 Å². The number of carbonyl (C=O) groups is 2. The van der Waals surface area contributed by atoms with E-state index in [1.165, 1.54) is 23.9 Å². The maximum atomic E-state index is 14.3. The van der Waals surface area contributed by atoms with Crippen molar-refractivity contribution in [3.05, 3.63) is 60.1 Å². The van der Waals surface area contributed by atoms with Gasteiger partial charge in [0.05, 0.1) is 49.6 Å². The lowest BCUT2D eigenvalue weighted by atomic mass is 9.82. The molecule has 0 bridgehead atoms. The number of anilines is 1. The minimum absolute atomic E-state index is 0.0560. The number of sulfonamides is 1. The highest BCUT2D eigenvalue weighted by atomic mass is 32.2. The van der Waals surface area contributed by atoms with Crippen molar-refractivity contribution in [1.82, 2.24) is 23.4 Å². The van der Waals surface area contributed by atoms with Crippen LogP contribution in [0.15, 0.2) is 48.3 Å². The van der Waals surface area contributed by atoms with Crippen LogP contribution in [0.1, 0.15) is 42.5 Å². The second kappa shape index (κ2) is 11.5. The van der Waals surface area contributed by atoms with Crippen molar-refractivity contribution in [3.8, 4) is 6.07 Å². The van der Waals surface area contributed by atoms with Crippen molar-refractivity contribution >= 4 is 27.6 Å². The summed E-state index contributed by atoms with van der Waals surface area (Å²) in [6, 6.07) is 6.22. The van der Waals surface area contributed by atoms with E-state index < -0.39 is 16.1 Å². The Morgan fingerprint density at radius 2 is 1.95 bits per heavy atom. The maximum absolute atomic E-state index is 14.3. The van der Waals surface area contributed by atoms with Crippen molar-refractivity contribution < 1.29 is 22.7 Å². The van der Waals surface area contributed by atoms with E-state index in [0.29, 0.717) is 42.5 Å². The first-order valence-electron chi connectivity index (χ1n) is 13.5. The van der Waals surface area contributed by atoms with Gasteiger partial charge in [0, 0.05) is 45.1 Å². The van der Waals surface area contributed by atoms with Crippen molar-refractivity contribution in [1.29, 1.82) is 5.26 Å². The molecular weight excluding hydrogens is 546 g/mol. The second-order valence-electron chi connectivity index (χ2n) is 10.8. The summed E-state index contributed by atoms with van der Waals surface area (Å²) in [4.78, 5) is 36.2. The number of nitrogens with zero attached hydrogens (tertiary/aromatic N) is 7. The summed E-state index contributed by atoms with van der Waals surface area (Å²) in [7, 11) is 0.709. The molecule has 1 saturated carbocycles. The average molecular weight is 580 g/mol. The predicted molar refractivity (Wildman–Crippen MR) is 148 cm³/mol. The largest absolute Gasteiger partial charge is 0.469 e. The second-order valence-corrected chi connectivity index (χ2v) is 12.6. The zero-order chi connectivity index (χ0) is 29.3. The van der Waals surface area contributed by atoms with Crippen molar-refractivity contribution in [2.24, 2.45) is 25.9 Å². The summed E-state index contributed by atoms with van der Waals surface area (Å²) in [5, 5.41) is 9.43. The highest BCUT2D eigenvalue weighted by Crippen LogP contribution is 2.36. The lowest BCUT2D eigenvalue weighted by Crippen LogP contribution is -2.56. The molecule has 0 saturated heterocycles. The third-order valence-electron chi connectivity index (χ3n) is 8.12. The first-order chi connectivity index (χ1) is 19.6. The first-order valence-corrected chi connectivity index (χ1v) is 14.9. The summed E-state index contributed by atoms with van der Waals surface area (Å²) >= 11 is 0. The topological polar surface area (TPSA) is 143 Å². The maximum Gasteiger partial charge on any atom is 0.308 e. The molecule has 3 heterocycles. The number of nitriles is 1. The molecule has 1 unspecified atom stereocenters. The molecule has 216 valence electrons. The number of rotatable bonds is 8. The van der Waals surface area contributed by atoms with Crippen molar-refractivity contribution in [3.63, 3.8) is 0 Å². The fourth-order valence-electron chi connectivity index (χ4n) is 5.80. The van der Waals surface area contributed by atoms with Gasteiger partial charge in [-0.2, -0.15) is 9.57 Å². The van der Waals surface area contributed by atoms with Crippen LogP contribution in [0.3, 0.4) is 0 Å². The van der Waals surface area contributed by atoms with E-state index in [0.717, 1.165) is 5.69 Å². The molecular formula is C28H33N7O5S. The van der Waals surface area contributed by atoms with Crippen LogP contribution < -0.4 is 4.90 Å². The van der Waals surface area contributed by atoms with Gasteiger partial charge in [-0.15, -0.1) is 0 Å². The minimum Gasteiger partial charge on any atom is -0.469 e. The SMILES string of the molecule is COC(=O)C1CCC(CN(C2Cc3cc(C#N)ccc3N(Cc3cncn3C)C2=O)S(=O)(=O)c2cn(C)cn2)CC1. The molecule has 1 atom stereocenters. The third-order valence-corrected chi connectivity index (χ3v) is 9.88. The zero-order valence-electron chi connectivity index (χ0n) is 23.3. The molecule has 1 fully saturated rings. The number of ether oxygens (including phenoxy) is 1. The van der Waals surface area contributed by atoms with Crippen LogP contribution in [0.25, 0.3) is 0 Å². The van der Waals surface area contributed by atoms with Crippen LogP contribution in [0.5, 0.6) is 0 Å². The fourth-order valence-corrected chi connectivity index (χ4v) is 7.43. The van der Waals surface area contributed by atoms with Gasteiger partial charge in [0.15, 0.2) is 5.03 Å². The molecule has 3 aromatic rings. The Labute approximate surface area is 239 Å². The van der Waals surface area contributed by atoms with Gasteiger partial charge in [0.25, 0.3) is 10.0 Å². The molecule has 0 radical (unpaired) electrons. The van der Waals surface area contributed by atoms with Gasteiger partial charge in [-0.25, -0.2) is 18.4 Å². The fraction of sp³-hybridized carbons (Fsp3) is 0.464. The number of aryl methyl sites for hydroxylation is 2. The lowest BCUT2D eigenvalue weighted by Gasteiger charge is -2.40. The Hall–Kier alpha value is -4.02. The molecule has 0 N–H and O–H groups in total. The van der Waals surface area contributed by atoms with Gasteiger partial charge in [0.1, 0.15) is 6.04 Å². The highest BCUT2D eigenvalue weighted by molar-refractivity contribution is 7.89. The lowest BCUT2D eigenvalue weighted by molar-refractivity contribution is -0.146. The van der Waals surface area contributed by atoms with Crippen LogP contribution >= 0.6 is 0 Å². The number of aromatic nitrogens is 4. The molecule has 5 rings (SSSR count). The van der Waals surface area contributed by atoms with Crippen LogP contribution in [-0.4, -0.2) is 63.4 Å². The molecule has 0 spiro atoms. The van der Waals surface area contributed by atoms with E-state index in [9.17, 15) is 23.3 Å². The summed E-state index contributed by atoms with van der Waals surface area (Å²) in [6.07, 6.45) is 8.72. The molecule has 2 aliphatic rings. The number of benzene rings is 1. The van der Waals surface area contributed by atoms with Crippen LogP contribution in [0, 0.1) is 23.2 Å². The Morgan fingerprint density at radius 3 is 2.56 bits per heavy atom. The van der Waals surface area contributed by atoms with E-state index in [2.05, 4.69) is 16.0 Å². The predicted octanol–water partition coefficient (Wildman–Crippen LogP) is 2.15. The number of amides is 1. The quantitative estimate of drug-likeness (QED) is 0.370. The summed E-state index contributed by atoms with van der Waals surface area (Å²) in [5.41, 5.74) is 2.55. The van der Waals surface area contributed by atoms with Crippen LogP contribution in [-0.2, 0) is 51.4 Å². The first kappa shape index (κ1) is 28.5. The smallest absolute Gasteiger partial charge is 0.308 e. The van der Waals surface area contributed by atoms with E-state index in [1.807, 2.05) is 11.6 Å². The van der Waals surface area contributed by atoms with Gasteiger partial charge in [-0.3, -0.25) is 9.59 Å². The van der Waals surface area contributed by atoms with Crippen molar-refractivity contribution in [2.75, 3.05) is 18.6 Å². The molecule has 1 amide bonds. The van der Waals surface area contributed by atoms with Crippen LogP contribution in [0.4, 0.5) is 5.69 Å². The molecule has 2 aromatic heterocycles. The van der Waals surface area contributed by atoms with Crippen LogP contribution in [0.2, 0.25) is 0 Å². The highest BCUT2D eigenvalue weighted by Gasteiger charge is 2.44. The Balaban J connectivity index is 1.53. The summed E-state index contributed by atoms with van der Waals surface area (Å²) < 4.78 is 37.8. The number of hydrogen-bond acceptors (Lipinski definition) is 8. The Kier molecular flexibility index (Phi) is 7.97. The zero-order valence-corrected chi connectivity index (χ0v) is 24.1. The van der Waals surface area contributed by atoms with Gasteiger partial charge >= 0.3 is 5.97 Å². The monoisotopic (exact) mass is 579 g/mol. The normalized spacial score (nSPS) is 21.0. The number of esters is 1. The van der Waals surface area contributed by atoms with E-state index in [1.54, 1.807) is 47.2 Å². The van der Waals surface area contributed by atoms with Gasteiger partial charge in [-0.1, -0.05) is 0 Å². The number of hydrogen-bond donors (Lipinski definition) is 0. The molecule has 1 aliphatic heterocycles. The summed E-state index contributed by atoms with van der Waals surface area (Å²) in [5.74, 6) is -0.871. The van der Waals surface area contributed by atoms with Gasteiger partial charge in [0.2, 0.25) is 5.91 Å². The number of carbonyl (C=O) groups excluding carboxylic acids is 2. The molecule has 1 aromatic carbocycles. The standard InChI is InChI=1S/C28H33N7O5S/c1-32-16-26(31-18-32)41(38,39)35(14-19-4-7-21(8-5-19)28(37)40-3)25-11-22-10-20(12-29)6-9-24(22)34(27(25)36)15-23-13-30-17-33(23)2/h6,9-10,13,16-19,21,25H,4-5,7-8,11,14-15H2,1-3H3. The van der Waals surface area contributed by atoms with Gasteiger partial charge in [-0.05, 0) is 55.4 Å². The minimum atomic E-state index is -4.18. The molecule has 41 heavy (non-hydrogen) atoms. The molecule has 12 nitrogen and oxygen atoms in total. The van der Waals surface area contributed by atoms with Gasteiger partial charge < -0.3 is 18.8 Å². The summed E-state index contributed by atoms with van der Waals surface area (Å²) in [6.45, 7) is 0.294. The third kappa shape index (κ3) is 5.62. The number of imidazole rings is 2.